The molecule has 1 N–H and O–H groups in total. The van der Waals surface area contributed by atoms with E-state index in [1.165, 1.54) is 0 Å². The van der Waals surface area contributed by atoms with Crippen molar-refractivity contribution in [2.45, 2.75) is 19.5 Å². The van der Waals surface area contributed by atoms with Crippen molar-refractivity contribution in [3.05, 3.63) is 40.2 Å². The summed E-state index contributed by atoms with van der Waals surface area (Å²) >= 11 is 1.12. The van der Waals surface area contributed by atoms with E-state index < -0.39 is 34.8 Å². The number of aromatic nitrogens is 1. The number of ether oxygens (including phenoxy) is 2. The fourth-order valence-corrected chi connectivity index (χ4v) is 2.75. The number of rotatable bonds is 7. The number of nitrogens with zero attached hydrogens (tertiary/aromatic N) is 2. The number of hydrogen-bond donors (Lipinski definition) is 1. The fraction of sp³-hybridized carbons (Fsp3) is 0.312. The standard InChI is InChI=1S/C16H15F4N3O3S/c1-3-26-13(24)6-9-8-27-15(22-9)23-21-7-10-12(17)5-4-11(14(10)25-2)16(18,19)20/h4-5,7-8H,3,6H2,1-2H3,(H,22,23). The molecule has 0 unspecified atom stereocenters. The van der Waals surface area contributed by atoms with Gasteiger partial charge in [-0.15, -0.1) is 11.3 Å². The van der Waals surface area contributed by atoms with Crippen LogP contribution in [0.5, 0.6) is 5.75 Å². The van der Waals surface area contributed by atoms with Crippen molar-refractivity contribution in [3.63, 3.8) is 0 Å². The maximum atomic E-state index is 13.9. The summed E-state index contributed by atoms with van der Waals surface area (Å²) in [5.74, 6) is -2.03. The maximum absolute atomic E-state index is 13.9. The number of nitrogens with one attached hydrogen (secondary N) is 1. The van der Waals surface area contributed by atoms with E-state index in [9.17, 15) is 22.4 Å². The van der Waals surface area contributed by atoms with Gasteiger partial charge in [0.15, 0.2) is 0 Å². The van der Waals surface area contributed by atoms with Gasteiger partial charge in [-0.25, -0.2) is 9.37 Å². The second-order valence-corrected chi connectivity index (χ2v) is 5.89. The molecular weight excluding hydrogens is 390 g/mol. The molecule has 2 rings (SSSR count). The van der Waals surface area contributed by atoms with E-state index in [0.717, 1.165) is 24.7 Å². The lowest BCUT2D eigenvalue weighted by molar-refractivity contribution is -0.142. The van der Waals surface area contributed by atoms with Gasteiger partial charge < -0.3 is 9.47 Å². The Hall–Kier alpha value is -2.69. The zero-order valence-electron chi connectivity index (χ0n) is 14.3. The normalized spacial score (nSPS) is 11.6. The average Bonchev–Trinajstić information content (AvgIpc) is 3.02. The molecule has 27 heavy (non-hydrogen) atoms. The number of anilines is 1. The van der Waals surface area contributed by atoms with E-state index in [1.807, 2.05) is 0 Å². The van der Waals surface area contributed by atoms with Crippen LogP contribution < -0.4 is 10.2 Å². The number of halogens is 4. The molecule has 1 aromatic heterocycles. The summed E-state index contributed by atoms with van der Waals surface area (Å²) in [5.41, 5.74) is 1.35. The Balaban J connectivity index is 2.15. The summed E-state index contributed by atoms with van der Waals surface area (Å²) in [5, 5.41) is 5.58. The molecule has 146 valence electrons. The zero-order chi connectivity index (χ0) is 20.0. The van der Waals surface area contributed by atoms with Crippen LogP contribution in [0.3, 0.4) is 0 Å². The van der Waals surface area contributed by atoms with Gasteiger partial charge in [0.1, 0.15) is 11.6 Å². The third kappa shape index (κ3) is 5.39. The molecule has 0 saturated heterocycles. The zero-order valence-corrected chi connectivity index (χ0v) is 15.1. The minimum atomic E-state index is -4.70. The van der Waals surface area contributed by atoms with Crippen molar-refractivity contribution >= 4 is 28.7 Å². The Bertz CT molecular complexity index is 837. The summed E-state index contributed by atoms with van der Waals surface area (Å²) in [6.45, 7) is 1.94. The SMILES string of the molecule is CCOC(=O)Cc1csc(NN=Cc2c(F)ccc(C(F)(F)F)c2OC)n1. The molecule has 1 aromatic carbocycles. The highest BCUT2D eigenvalue weighted by Crippen LogP contribution is 2.38. The number of esters is 1. The Labute approximate surface area is 155 Å². The fourth-order valence-electron chi connectivity index (χ4n) is 2.09. The van der Waals surface area contributed by atoms with Crippen molar-refractivity contribution in [2.75, 3.05) is 19.1 Å². The quantitative estimate of drug-likeness (QED) is 0.328. The minimum Gasteiger partial charge on any atom is -0.495 e. The lowest BCUT2D eigenvalue weighted by Gasteiger charge is -2.14. The van der Waals surface area contributed by atoms with Crippen molar-refractivity contribution < 1.29 is 31.8 Å². The second kappa shape index (κ2) is 8.80. The van der Waals surface area contributed by atoms with Crippen LogP contribution in [0.4, 0.5) is 22.7 Å². The average molecular weight is 405 g/mol. The summed E-state index contributed by atoms with van der Waals surface area (Å²) in [6, 6.07) is 1.29. The highest BCUT2D eigenvalue weighted by molar-refractivity contribution is 7.13. The maximum Gasteiger partial charge on any atom is 0.419 e. The number of methoxy groups -OCH3 is 1. The van der Waals surface area contributed by atoms with Gasteiger partial charge in [-0.2, -0.15) is 18.3 Å². The first-order valence-electron chi connectivity index (χ1n) is 7.59. The largest absolute Gasteiger partial charge is 0.495 e. The van der Waals surface area contributed by atoms with E-state index in [4.69, 9.17) is 9.47 Å². The van der Waals surface area contributed by atoms with Gasteiger partial charge in [-0.1, -0.05) is 0 Å². The van der Waals surface area contributed by atoms with Crippen LogP contribution in [0, 0.1) is 5.82 Å². The molecule has 0 atom stereocenters. The molecule has 2 aromatic rings. The molecule has 0 spiro atoms. The predicted molar refractivity (Wildman–Crippen MR) is 91.6 cm³/mol. The number of carbonyl (C=O) groups is 1. The first-order valence-corrected chi connectivity index (χ1v) is 8.47. The van der Waals surface area contributed by atoms with Gasteiger partial charge in [-0.05, 0) is 19.1 Å². The van der Waals surface area contributed by atoms with E-state index in [-0.39, 0.29) is 18.2 Å². The van der Waals surface area contributed by atoms with Crippen LogP contribution >= 0.6 is 11.3 Å². The predicted octanol–water partition coefficient (Wildman–Crippen LogP) is 3.86. The van der Waals surface area contributed by atoms with E-state index in [0.29, 0.717) is 17.8 Å². The molecule has 0 aliphatic rings. The number of benzene rings is 1. The highest BCUT2D eigenvalue weighted by atomic mass is 32.1. The van der Waals surface area contributed by atoms with Gasteiger partial charge in [0, 0.05) is 5.38 Å². The Morgan fingerprint density at radius 1 is 1.41 bits per heavy atom. The van der Waals surface area contributed by atoms with Crippen molar-refractivity contribution in [1.29, 1.82) is 0 Å². The van der Waals surface area contributed by atoms with Crippen LogP contribution in [0.1, 0.15) is 23.7 Å². The molecule has 0 bridgehead atoms. The van der Waals surface area contributed by atoms with Crippen LogP contribution in [0.25, 0.3) is 0 Å². The number of thiazole rings is 1. The highest BCUT2D eigenvalue weighted by Gasteiger charge is 2.36. The van der Waals surface area contributed by atoms with Gasteiger partial charge in [0.2, 0.25) is 5.13 Å². The van der Waals surface area contributed by atoms with Gasteiger partial charge in [0.05, 0.1) is 43.2 Å². The van der Waals surface area contributed by atoms with E-state index in [1.54, 1.807) is 12.3 Å². The van der Waals surface area contributed by atoms with E-state index >= 15 is 0 Å². The topological polar surface area (TPSA) is 72.8 Å². The molecule has 0 amide bonds. The molecule has 0 aliphatic heterocycles. The minimum absolute atomic E-state index is 0.0220. The third-order valence-corrected chi connectivity index (χ3v) is 3.98. The molecule has 0 radical (unpaired) electrons. The van der Waals surface area contributed by atoms with E-state index in [2.05, 4.69) is 15.5 Å². The Morgan fingerprint density at radius 3 is 2.78 bits per heavy atom. The molecular formula is C16H15F4N3O3S. The second-order valence-electron chi connectivity index (χ2n) is 5.04. The lowest BCUT2D eigenvalue weighted by Crippen LogP contribution is -2.10. The smallest absolute Gasteiger partial charge is 0.419 e. The molecule has 6 nitrogen and oxygen atoms in total. The molecule has 0 fully saturated rings. The summed E-state index contributed by atoms with van der Waals surface area (Å²) < 4.78 is 62.4. The van der Waals surface area contributed by atoms with Crippen LogP contribution in [-0.4, -0.2) is 30.9 Å². The molecule has 1 heterocycles. The molecule has 0 aliphatic carbocycles. The van der Waals surface area contributed by atoms with Crippen LogP contribution in [0.15, 0.2) is 22.6 Å². The summed E-state index contributed by atoms with van der Waals surface area (Å²) in [4.78, 5) is 15.5. The van der Waals surface area contributed by atoms with Crippen molar-refractivity contribution in [1.82, 2.24) is 4.98 Å². The molecule has 11 heteroatoms. The van der Waals surface area contributed by atoms with Gasteiger partial charge in [0.25, 0.3) is 0 Å². The Morgan fingerprint density at radius 2 is 2.15 bits per heavy atom. The number of carbonyl (C=O) groups excluding carboxylic acids is 1. The van der Waals surface area contributed by atoms with Crippen LogP contribution in [0.2, 0.25) is 0 Å². The van der Waals surface area contributed by atoms with Gasteiger partial charge >= 0.3 is 12.1 Å². The summed E-state index contributed by atoms with van der Waals surface area (Å²) in [6.07, 6.45) is -3.85. The number of alkyl halides is 3. The van der Waals surface area contributed by atoms with Crippen molar-refractivity contribution in [3.8, 4) is 5.75 Å². The third-order valence-electron chi connectivity index (χ3n) is 3.19. The van der Waals surface area contributed by atoms with Crippen molar-refractivity contribution in [2.24, 2.45) is 5.10 Å². The number of hydrogen-bond acceptors (Lipinski definition) is 7. The first kappa shape index (κ1) is 20.6. The van der Waals surface area contributed by atoms with Gasteiger partial charge in [-0.3, -0.25) is 10.2 Å². The monoisotopic (exact) mass is 405 g/mol. The number of hydrazone groups is 1. The molecule has 0 saturated carbocycles. The first-order chi connectivity index (χ1) is 12.8. The lowest BCUT2D eigenvalue weighted by atomic mass is 10.1. The summed E-state index contributed by atoms with van der Waals surface area (Å²) in [7, 11) is 1.01. The van der Waals surface area contributed by atoms with Crippen LogP contribution in [-0.2, 0) is 22.1 Å². The Kier molecular flexibility index (Phi) is 6.72.